The molecular weight excluding hydrogens is 538 g/mol. The Morgan fingerprint density at radius 1 is 0.917 bits per heavy atom. The van der Waals surface area contributed by atoms with Gasteiger partial charge >= 0.3 is 0 Å². The Labute approximate surface area is 226 Å². The van der Waals surface area contributed by atoms with Gasteiger partial charge in [0.25, 0.3) is 11.8 Å². The largest absolute Gasteiger partial charge is 0.492 e. The number of hydrogen-bond acceptors (Lipinski definition) is 4. The maximum Gasteiger partial charge on any atom is 0.257 e. The zero-order valence-corrected chi connectivity index (χ0v) is 22.6. The summed E-state index contributed by atoms with van der Waals surface area (Å²) >= 11 is 8.82. The van der Waals surface area contributed by atoms with E-state index >= 15 is 0 Å². The summed E-state index contributed by atoms with van der Waals surface area (Å²) in [4.78, 5) is 25.5. The van der Waals surface area contributed by atoms with Crippen LogP contribution in [0, 0.1) is 0 Å². The number of benzene rings is 3. The van der Waals surface area contributed by atoms with Gasteiger partial charge in [-0.05, 0) is 70.5 Å². The zero-order chi connectivity index (χ0) is 25.8. The molecule has 3 N–H and O–H groups in total. The van der Waals surface area contributed by atoms with Gasteiger partial charge in [-0.1, -0.05) is 68.7 Å². The van der Waals surface area contributed by atoms with E-state index in [2.05, 4.69) is 38.8 Å². The lowest BCUT2D eigenvalue weighted by molar-refractivity contribution is 0.0950. The minimum Gasteiger partial charge on any atom is -0.492 e. The number of para-hydroxylation sites is 1. The summed E-state index contributed by atoms with van der Waals surface area (Å²) in [5, 5.41) is 8.63. The predicted octanol–water partition coefficient (Wildman–Crippen LogP) is 6.47. The highest BCUT2D eigenvalue weighted by Crippen LogP contribution is 2.26. The van der Waals surface area contributed by atoms with Crippen LogP contribution in [-0.2, 0) is 6.54 Å². The summed E-state index contributed by atoms with van der Waals surface area (Å²) < 4.78 is 6.51. The van der Waals surface area contributed by atoms with E-state index in [9.17, 15) is 9.59 Å². The lowest BCUT2D eigenvalue weighted by Gasteiger charge is -2.14. The van der Waals surface area contributed by atoms with E-state index in [0.717, 1.165) is 18.4 Å². The van der Waals surface area contributed by atoms with Gasteiger partial charge in [0.1, 0.15) is 5.75 Å². The first kappa shape index (κ1) is 27.4. The van der Waals surface area contributed by atoms with Crippen LogP contribution in [0.4, 0.5) is 5.69 Å². The Morgan fingerprint density at radius 3 is 2.42 bits per heavy atom. The van der Waals surface area contributed by atoms with E-state index in [4.69, 9.17) is 17.0 Å². The molecular formula is C28H30BrN3O3S. The molecule has 3 aromatic rings. The predicted molar refractivity (Wildman–Crippen MR) is 152 cm³/mol. The van der Waals surface area contributed by atoms with Gasteiger partial charge in [0, 0.05) is 12.1 Å². The van der Waals surface area contributed by atoms with Crippen molar-refractivity contribution in [1.29, 1.82) is 0 Å². The Morgan fingerprint density at radius 2 is 1.67 bits per heavy atom. The zero-order valence-electron chi connectivity index (χ0n) is 20.2. The molecule has 0 aliphatic heterocycles. The van der Waals surface area contributed by atoms with Crippen molar-refractivity contribution >= 4 is 50.8 Å². The van der Waals surface area contributed by atoms with Gasteiger partial charge in [-0.25, -0.2) is 0 Å². The molecule has 0 radical (unpaired) electrons. The van der Waals surface area contributed by atoms with Crippen LogP contribution in [0.2, 0.25) is 0 Å². The lowest BCUT2D eigenvalue weighted by atomic mass is 10.1. The number of ether oxygens (including phenoxy) is 1. The van der Waals surface area contributed by atoms with E-state index < -0.39 is 0 Å². The molecule has 0 saturated heterocycles. The summed E-state index contributed by atoms with van der Waals surface area (Å²) in [5.74, 6) is 0.0817. The van der Waals surface area contributed by atoms with Crippen LogP contribution in [0.1, 0.15) is 58.9 Å². The van der Waals surface area contributed by atoms with Crippen LogP contribution in [-0.4, -0.2) is 23.5 Å². The van der Waals surface area contributed by atoms with Crippen LogP contribution in [0.15, 0.2) is 77.3 Å². The fraction of sp³-hybridized carbons (Fsp3) is 0.250. The van der Waals surface area contributed by atoms with Gasteiger partial charge < -0.3 is 15.4 Å². The summed E-state index contributed by atoms with van der Waals surface area (Å²) in [7, 11) is 0. The second kappa shape index (κ2) is 14.4. The maximum atomic E-state index is 12.8. The van der Waals surface area contributed by atoms with Crippen molar-refractivity contribution in [2.24, 2.45) is 0 Å². The van der Waals surface area contributed by atoms with Crippen LogP contribution >= 0.6 is 28.1 Å². The molecule has 0 bridgehead atoms. The maximum absolute atomic E-state index is 12.8. The molecule has 0 atom stereocenters. The Kier molecular flexibility index (Phi) is 10.9. The number of amides is 2. The van der Waals surface area contributed by atoms with E-state index in [-0.39, 0.29) is 16.9 Å². The minimum absolute atomic E-state index is 0.0932. The van der Waals surface area contributed by atoms with Crippen molar-refractivity contribution in [1.82, 2.24) is 10.6 Å². The highest BCUT2D eigenvalue weighted by Gasteiger charge is 2.14. The van der Waals surface area contributed by atoms with Crippen LogP contribution in [0.5, 0.6) is 5.75 Å². The average molecular weight is 569 g/mol. The van der Waals surface area contributed by atoms with Crippen molar-refractivity contribution < 1.29 is 14.3 Å². The van der Waals surface area contributed by atoms with Crippen LogP contribution in [0.3, 0.4) is 0 Å². The van der Waals surface area contributed by atoms with E-state index in [0.29, 0.717) is 40.2 Å². The monoisotopic (exact) mass is 567 g/mol. The lowest BCUT2D eigenvalue weighted by Crippen LogP contribution is -2.35. The third kappa shape index (κ3) is 8.46. The van der Waals surface area contributed by atoms with Crippen molar-refractivity contribution in [3.8, 4) is 5.75 Å². The molecule has 3 rings (SSSR count). The van der Waals surface area contributed by atoms with Gasteiger partial charge in [0.15, 0.2) is 5.11 Å². The molecule has 0 fully saturated rings. The molecule has 0 aliphatic rings. The fourth-order valence-corrected chi connectivity index (χ4v) is 4.16. The normalized spacial score (nSPS) is 10.4. The second-order valence-corrected chi connectivity index (χ2v) is 9.44. The molecule has 0 aliphatic carbocycles. The number of rotatable bonds is 11. The standard InChI is InChI=1S/C28H30BrN3O3S/c1-2-3-4-10-17-35-25-16-15-21(18-23(25)29)26(33)32-28(36)31-24-14-9-8-13-22(24)27(34)30-19-20-11-6-5-7-12-20/h5-9,11-16,18H,2-4,10,17,19H2,1H3,(H,30,34)(H2,31,32,33,36). The first-order valence-corrected chi connectivity index (χ1v) is 13.1. The molecule has 0 spiro atoms. The van der Waals surface area contributed by atoms with Crippen LogP contribution < -0.4 is 20.7 Å². The number of hydrogen-bond donors (Lipinski definition) is 3. The molecule has 188 valence electrons. The molecule has 0 aromatic heterocycles. The highest BCUT2D eigenvalue weighted by atomic mass is 79.9. The Balaban J connectivity index is 1.55. The van der Waals surface area contributed by atoms with Crippen molar-refractivity contribution in [3.05, 3.63) is 94.0 Å². The van der Waals surface area contributed by atoms with Crippen molar-refractivity contribution in [2.75, 3.05) is 11.9 Å². The molecule has 0 saturated carbocycles. The number of anilines is 1. The number of halogens is 1. The highest BCUT2D eigenvalue weighted by molar-refractivity contribution is 9.10. The molecule has 36 heavy (non-hydrogen) atoms. The summed E-state index contributed by atoms with van der Waals surface area (Å²) in [6, 6.07) is 21.8. The van der Waals surface area contributed by atoms with Gasteiger partial charge in [-0.3, -0.25) is 14.9 Å². The molecule has 2 amide bonds. The number of thiocarbonyl (C=S) groups is 1. The van der Waals surface area contributed by atoms with E-state index in [1.165, 1.54) is 12.8 Å². The SMILES string of the molecule is CCCCCCOc1ccc(C(=O)NC(=S)Nc2ccccc2C(=O)NCc2ccccc2)cc1Br. The topological polar surface area (TPSA) is 79.5 Å². The molecule has 0 heterocycles. The number of nitrogens with one attached hydrogen (secondary N) is 3. The summed E-state index contributed by atoms with van der Waals surface area (Å²) in [6.07, 6.45) is 4.50. The van der Waals surface area contributed by atoms with Gasteiger partial charge in [0.05, 0.1) is 22.3 Å². The van der Waals surface area contributed by atoms with Crippen molar-refractivity contribution in [3.63, 3.8) is 0 Å². The smallest absolute Gasteiger partial charge is 0.257 e. The summed E-state index contributed by atoms with van der Waals surface area (Å²) in [6.45, 7) is 3.21. The first-order chi connectivity index (χ1) is 17.5. The van der Waals surface area contributed by atoms with Gasteiger partial charge in [-0.2, -0.15) is 0 Å². The second-order valence-electron chi connectivity index (χ2n) is 8.18. The van der Waals surface area contributed by atoms with E-state index in [1.807, 2.05) is 30.3 Å². The fourth-order valence-electron chi connectivity index (χ4n) is 3.46. The molecule has 0 unspecified atom stereocenters. The van der Waals surface area contributed by atoms with Crippen molar-refractivity contribution in [2.45, 2.75) is 39.2 Å². The minimum atomic E-state index is -0.367. The average Bonchev–Trinajstić information content (AvgIpc) is 2.88. The number of unbranched alkanes of at least 4 members (excludes halogenated alkanes) is 3. The third-order valence-corrected chi connectivity index (χ3v) is 6.22. The third-order valence-electron chi connectivity index (χ3n) is 5.39. The summed E-state index contributed by atoms with van der Waals surface area (Å²) in [5.41, 5.74) is 2.35. The first-order valence-electron chi connectivity index (χ1n) is 11.9. The van der Waals surface area contributed by atoms with Gasteiger partial charge in [0.2, 0.25) is 0 Å². The Hall–Kier alpha value is -3.23. The Bertz CT molecular complexity index is 1190. The molecule has 8 heteroatoms. The van der Waals surface area contributed by atoms with Gasteiger partial charge in [-0.15, -0.1) is 0 Å². The molecule has 6 nitrogen and oxygen atoms in total. The van der Waals surface area contributed by atoms with E-state index in [1.54, 1.807) is 42.5 Å². The van der Waals surface area contributed by atoms with Crippen LogP contribution in [0.25, 0.3) is 0 Å². The molecule has 3 aromatic carbocycles. The quantitative estimate of drug-likeness (QED) is 0.183. The number of carbonyl (C=O) groups excluding carboxylic acids is 2. The number of carbonyl (C=O) groups is 2.